The fourth-order valence-corrected chi connectivity index (χ4v) is 3.21. The van der Waals surface area contributed by atoms with Gasteiger partial charge in [0.15, 0.2) is 0 Å². The molecule has 2 heteroatoms. The molecule has 0 saturated heterocycles. The van der Waals surface area contributed by atoms with E-state index in [0.717, 1.165) is 17.7 Å². The van der Waals surface area contributed by atoms with E-state index in [-0.39, 0.29) is 17.0 Å². The van der Waals surface area contributed by atoms with Gasteiger partial charge in [-0.3, -0.25) is 0 Å². The second-order valence-corrected chi connectivity index (χ2v) is 5.71. The molecule has 1 aromatic rings. The number of rotatable bonds is 4. The number of hydrogen-bond acceptors (Lipinski definition) is 1. The Bertz CT molecular complexity index is 344. The Hall–Kier alpha value is -0.990. The highest BCUT2D eigenvalue weighted by Gasteiger charge is 2.08. The maximum Gasteiger partial charge on any atom is 0.0797 e. The number of thiol groups is 1. The van der Waals surface area contributed by atoms with Crippen LogP contribution in [0.5, 0.6) is 0 Å². The molecule has 0 radical (unpaired) electrons. The average molecular weight is 220 g/mol. The number of aliphatic hydroxyl groups is 1. The Kier molecular flexibility index (Phi) is 3.64. The molecule has 1 aromatic carbocycles. The lowest BCUT2D eigenvalue weighted by molar-refractivity contribution is 0.175. The quantitative estimate of drug-likeness (QED) is 0.747. The molecule has 80 valence electrons. The highest BCUT2D eigenvalue weighted by Crippen LogP contribution is 2.35. The van der Waals surface area contributed by atoms with Gasteiger partial charge in [0.1, 0.15) is 0 Å². The van der Waals surface area contributed by atoms with Crippen LogP contribution >= 0.6 is 10.9 Å². The van der Waals surface area contributed by atoms with Crippen LogP contribution in [0.1, 0.15) is 18.1 Å². The normalized spacial score (nSPS) is 18.3. The van der Waals surface area contributed by atoms with Gasteiger partial charge in [-0.15, -0.1) is 0 Å². The van der Waals surface area contributed by atoms with Crippen molar-refractivity contribution < 1.29 is 5.11 Å². The molecular weight excluding hydrogens is 204 g/mol. The average Bonchev–Trinajstić information content (AvgIpc) is 2.80. The zero-order valence-corrected chi connectivity index (χ0v) is 9.48. The summed E-state index contributed by atoms with van der Waals surface area (Å²) in [6.07, 6.45) is 4.74. The Morgan fingerprint density at radius 1 is 1.07 bits per heavy atom. The molecule has 0 aliphatic carbocycles. The van der Waals surface area contributed by atoms with Crippen LogP contribution in [0.25, 0.3) is 0 Å². The van der Waals surface area contributed by atoms with E-state index < -0.39 is 0 Å². The molecular formula is C13H16OS. The molecule has 0 spiro atoms. The molecule has 15 heavy (non-hydrogen) atoms. The number of benzene rings is 1. The minimum Gasteiger partial charge on any atom is -0.388 e. The van der Waals surface area contributed by atoms with E-state index >= 15 is 0 Å². The van der Waals surface area contributed by atoms with E-state index in [1.807, 2.05) is 30.3 Å². The van der Waals surface area contributed by atoms with Gasteiger partial charge in [-0.2, -0.15) is 0 Å². The maximum absolute atomic E-state index is 9.94. The SMILES string of the molecule is O[C@H](CC[SH]1C=CC=C1)c1ccccc1. The first-order valence-corrected chi connectivity index (χ1v) is 6.86. The summed E-state index contributed by atoms with van der Waals surface area (Å²) in [4.78, 5) is 0. The van der Waals surface area contributed by atoms with Gasteiger partial charge >= 0.3 is 0 Å². The van der Waals surface area contributed by atoms with E-state index in [9.17, 15) is 5.11 Å². The van der Waals surface area contributed by atoms with Crippen LogP contribution in [-0.2, 0) is 0 Å². The lowest BCUT2D eigenvalue weighted by Crippen LogP contribution is -1.99. The highest BCUT2D eigenvalue weighted by molar-refractivity contribution is 8.22. The lowest BCUT2D eigenvalue weighted by Gasteiger charge is -2.14. The van der Waals surface area contributed by atoms with Crippen LogP contribution in [0.3, 0.4) is 0 Å². The summed E-state index contributed by atoms with van der Waals surface area (Å²) in [6, 6.07) is 9.89. The summed E-state index contributed by atoms with van der Waals surface area (Å²) in [5, 5.41) is 14.4. The zero-order valence-electron chi connectivity index (χ0n) is 8.58. The van der Waals surface area contributed by atoms with Crippen molar-refractivity contribution >= 4 is 10.9 Å². The Morgan fingerprint density at radius 2 is 1.73 bits per heavy atom. The molecule has 1 atom stereocenters. The van der Waals surface area contributed by atoms with Crippen molar-refractivity contribution in [2.75, 3.05) is 5.75 Å². The second kappa shape index (κ2) is 5.19. The number of hydrogen-bond donors (Lipinski definition) is 2. The van der Waals surface area contributed by atoms with Gasteiger partial charge in [0.25, 0.3) is 0 Å². The summed E-state index contributed by atoms with van der Waals surface area (Å²) in [5.74, 6) is 1.08. The van der Waals surface area contributed by atoms with Gasteiger partial charge < -0.3 is 5.11 Å². The first-order valence-electron chi connectivity index (χ1n) is 5.20. The predicted octanol–water partition coefficient (Wildman–Crippen LogP) is 3.15. The third kappa shape index (κ3) is 2.98. The van der Waals surface area contributed by atoms with Gasteiger partial charge in [-0.1, -0.05) is 42.5 Å². The minimum atomic E-state index is -0.309. The van der Waals surface area contributed by atoms with Crippen LogP contribution in [0, 0.1) is 0 Å². The summed E-state index contributed by atoms with van der Waals surface area (Å²) in [5.41, 5.74) is 1.03. The van der Waals surface area contributed by atoms with E-state index in [0.29, 0.717) is 0 Å². The summed E-state index contributed by atoms with van der Waals surface area (Å²) >= 11 is 0. The van der Waals surface area contributed by atoms with Crippen molar-refractivity contribution in [3.63, 3.8) is 0 Å². The smallest absolute Gasteiger partial charge is 0.0797 e. The van der Waals surface area contributed by atoms with Crippen molar-refractivity contribution in [3.05, 3.63) is 58.9 Å². The van der Waals surface area contributed by atoms with Gasteiger partial charge in [0.05, 0.1) is 6.10 Å². The van der Waals surface area contributed by atoms with E-state index in [1.54, 1.807) is 0 Å². The first kappa shape index (κ1) is 10.5. The molecule has 2 rings (SSSR count). The fraction of sp³-hybridized carbons (Fsp3) is 0.231. The first-order chi connectivity index (χ1) is 7.36. The van der Waals surface area contributed by atoms with Crippen LogP contribution in [0.2, 0.25) is 0 Å². The number of aliphatic hydroxyl groups excluding tert-OH is 1. The molecule has 1 nitrogen and oxygen atoms in total. The summed E-state index contributed by atoms with van der Waals surface area (Å²) < 4.78 is 0. The van der Waals surface area contributed by atoms with Crippen molar-refractivity contribution in [2.45, 2.75) is 12.5 Å². The van der Waals surface area contributed by atoms with Crippen molar-refractivity contribution in [3.8, 4) is 0 Å². The Morgan fingerprint density at radius 3 is 2.40 bits per heavy atom. The molecule has 0 saturated carbocycles. The summed E-state index contributed by atoms with van der Waals surface area (Å²) in [7, 11) is -0.0891. The Balaban J connectivity index is 1.85. The van der Waals surface area contributed by atoms with Crippen LogP contribution < -0.4 is 0 Å². The molecule has 0 fully saturated rings. The topological polar surface area (TPSA) is 20.2 Å². The van der Waals surface area contributed by atoms with Crippen LogP contribution in [0.4, 0.5) is 0 Å². The van der Waals surface area contributed by atoms with E-state index in [2.05, 4.69) is 23.0 Å². The predicted molar refractivity (Wildman–Crippen MR) is 68.2 cm³/mol. The van der Waals surface area contributed by atoms with Crippen molar-refractivity contribution in [1.29, 1.82) is 0 Å². The molecule has 0 aromatic heterocycles. The molecule has 0 bridgehead atoms. The van der Waals surface area contributed by atoms with Gasteiger partial charge in [0.2, 0.25) is 0 Å². The standard InChI is InChI=1S/C13H16OS/c14-13(12-6-2-1-3-7-12)8-11-15-9-4-5-10-15/h1-7,9-10,13-15H,8,11H2/t13-/m1/s1. The monoisotopic (exact) mass is 220 g/mol. The van der Waals surface area contributed by atoms with Crippen LogP contribution in [0.15, 0.2) is 53.3 Å². The summed E-state index contributed by atoms with van der Waals surface area (Å²) in [6.45, 7) is 0. The van der Waals surface area contributed by atoms with E-state index in [4.69, 9.17) is 0 Å². The molecule has 1 aliphatic rings. The minimum absolute atomic E-state index is 0.0891. The molecule has 1 heterocycles. The van der Waals surface area contributed by atoms with Crippen molar-refractivity contribution in [1.82, 2.24) is 0 Å². The van der Waals surface area contributed by atoms with Crippen molar-refractivity contribution in [2.24, 2.45) is 0 Å². The van der Waals surface area contributed by atoms with E-state index in [1.165, 1.54) is 0 Å². The van der Waals surface area contributed by atoms with Gasteiger partial charge in [-0.25, -0.2) is 10.9 Å². The third-order valence-corrected chi connectivity index (χ3v) is 4.40. The maximum atomic E-state index is 9.94. The molecule has 0 amide bonds. The zero-order chi connectivity index (χ0) is 10.5. The highest BCUT2D eigenvalue weighted by atomic mass is 32.2. The lowest BCUT2D eigenvalue weighted by atomic mass is 10.1. The third-order valence-electron chi connectivity index (χ3n) is 2.51. The molecule has 1 aliphatic heterocycles. The van der Waals surface area contributed by atoms with Gasteiger partial charge in [-0.05, 0) is 28.6 Å². The fourth-order valence-electron chi connectivity index (χ4n) is 1.63. The van der Waals surface area contributed by atoms with Gasteiger partial charge in [0, 0.05) is 0 Å². The Labute approximate surface area is 93.5 Å². The number of allylic oxidation sites excluding steroid dienone is 2. The largest absolute Gasteiger partial charge is 0.388 e. The van der Waals surface area contributed by atoms with Crippen LogP contribution in [-0.4, -0.2) is 10.9 Å². The second-order valence-electron chi connectivity index (χ2n) is 3.64. The molecule has 1 N–H and O–H groups in total. The molecule has 0 unspecified atom stereocenters.